The average Bonchev–Trinajstić information content (AvgIpc) is 2.64. The molecule has 0 spiro atoms. The Morgan fingerprint density at radius 1 is 1.03 bits per heavy atom. The third-order valence-corrected chi connectivity index (χ3v) is 4.39. The van der Waals surface area contributed by atoms with Gasteiger partial charge in [0, 0.05) is 19.0 Å². The molecule has 0 aliphatic carbocycles. The average molecular weight is 434 g/mol. The topological polar surface area (TPSA) is 65.2 Å². The molecule has 4 nitrogen and oxygen atoms in total. The third-order valence-electron chi connectivity index (χ3n) is 4.39. The van der Waals surface area contributed by atoms with E-state index in [1.54, 1.807) is 13.0 Å². The lowest BCUT2D eigenvalue weighted by molar-refractivity contribution is -0.188. The largest absolute Gasteiger partial charge is 0.494 e. The monoisotopic (exact) mass is 434 g/mol. The van der Waals surface area contributed by atoms with Crippen LogP contribution in [0.1, 0.15) is 40.9 Å². The highest BCUT2D eigenvalue weighted by atomic mass is 19.4. The van der Waals surface area contributed by atoms with Crippen LogP contribution in [0.4, 0.5) is 26.3 Å². The molecule has 0 saturated heterocycles. The van der Waals surface area contributed by atoms with E-state index in [0.717, 1.165) is 17.7 Å². The summed E-state index contributed by atoms with van der Waals surface area (Å²) in [6.07, 6.45) is -10.3. The molecule has 2 N–H and O–H groups in total. The van der Waals surface area contributed by atoms with Crippen LogP contribution in [0.15, 0.2) is 42.6 Å². The minimum atomic E-state index is -4.94. The number of aromatic nitrogens is 1. The highest BCUT2D eigenvalue weighted by Gasteiger charge is 2.54. The molecule has 1 atom stereocenters. The number of hydrogen-bond donors (Lipinski definition) is 1. The number of aryl methyl sites for hydroxylation is 1. The van der Waals surface area contributed by atoms with Crippen LogP contribution in [0.25, 0.3) is 0 Å². The van der Waals surface area contributed by atoms with Crippen LogP contribution in [0.5, 0.6) is 5.75 Å². The van der Waals surface area contributed by atoms with E-state index >= 15 is 0 Å². The first-order valence-electron chi connectivity index (χ1n) is 8.93. The van der Waals surface area contributed by atoms with Gasteiger partial charge in [-0.25, -0.2) is 0 Å². The maximum absolute atomic E-state index is 13.8. The zero-order chi connectivity index (χ0) is 22.6. The SMILES string of the molecule is Cc1ccc(C(=O)C[C@](N)(c2ccc(OCCCC(F)(F)F)cc2)C(F)(F)F)nc1. The Kier molecular flexibility index (Phi) is 7.12. The first kappa shape index (κ1) is 23.7. The lowest BCUT2D eigenvalue weighted by Gasteiger charge is -2.31. The van der Waals surface area contributed by atoms with Crippen LogP contribution in [0, 0.1) is 6.92 Å². The van der Waals surface area contributed by atoms with Crippen molar-refractivity contribution in [2.75, 3.05) is 6.61 Å². The second-order valence-electron chi connectivity index (χ2n) is 6.88. The summed E-state index contributed by atoms with van der Waals surface area (Å²) in [5.74, 6) is -0.778. The molecule has 0 fully saturated rings. The Balaban J connectivity index is 2.14. The number of benzene rings is 1. The van der Waals surface area contributed by atoms with Crippen molar-refractivity contribution in [1.82, 2.24) is 4.98 Å². The van der Waals surface area contributed by atoms with Crippen molar-refractivity contribution >= 4 is 5.78 Å². The number of hydrogen-bond acceptors (Lipinski definition) is 4. The highest BCUT2D eigenvalue weighted by Crippen LogP contribution is 2.40. The van der Waals surface area contributed by atoms with Gasteiger partial charge >= 0.3 is 12.4 Å². The number of nitrogens with zero attached hydrogens (tertiary/aromatic N) is 1. The quantitative estimate of drug-likeness (QED) is 0.357. The highest BCUT2D eigenvalue weighted by molar-refractivity contribution is 5.95. The zero-order valence-electron chi connectivity index (χ0n) is 16.0. The molecule has 0 aliphatic rings. The fourth-order valence-electron chi connectivity index (χ4n) is 2.65. The fourth-order valence-corrected chi connectivity index (χ4v) is 2.65. The van der Waals surface area contributed by atoms with Crippen LogP contribution < -0.4 is 10.5 Å². The first-order valence-corrected chi connectivity index (χ1v) is 8.93. The second-order valence-corrected chi connectivity index (χ2v) is 6.88. The van der Waals surface area contributed by atoms with E-state index in [0.29, 0.717) is 0 Å². The van der Waals surface area contributed by atoms with Crippen molar-refractivity contribution < 1.29 is 35.9 Å². The summed E-state index contributed by atoms with van der Waals surface area (Å²) in [7, 11) is 0. The van der Waals surface area contributed by atoms with Gasteiger partial charge in [0.2, 0.25) is 0 Å². The normalized spacial score (nSPS) is 14.3. The number of carbonyl (C=O) groups excluding carboxylic acids is 1. The molecule has 10 heteroatoms. The van der Waals surface area contributed by atoms with E-state index in [2.05, 4.69) is 4.98 Å². The lowest BCUT2D eigenvalue weighted by atomic mass is 9.84. The fraction of sp³-hybridized carbons (Fsp3) is 0.400. The van der Waals surface area contributed by atoms with E-state index in [1.807, 2.05) is 0 Å². The van der Waals surface area contributed by atoms with Crippen LogP contribution in [-0.4, -0.2) is 29.7 Å². The van der Waals surface area contributed by atoms with Gasteiger partial charge in [0.25, 0.3) is 0 Å². The second kappa shape index (κ2) is 9.03. The number of ether oxygens (including phenoxy) is 1. The summed E-state index contributed by atoms with van der Waals surface area (Å²) in [4.78, 5) is 16.2. The summed E-state index contributed by atoms with van der Waals surface area (Å²) in [6.45, 7) is 1.47. The number of rotatable bonds is 8. The molecule has 30 heavy (non-hydrogen) atoms. The molecule has 0 bridgehead atoms. The Labute approximate surface area is 169 Å². The smallest absolute Gasteiger partial charge is 0.411 e. The van der Waals surface area contributed by atoms with Gasteiger partial charge in [-0.15, -0.1) is 0 Å². The number of carbonyl (C=O) groups is 1. The summed E-state index contributed by atoms with van der Waals surface area (Å²) in [5, 5.41) is 0. The van der Waals surface area contributed by atoms with Crippen molar-refractivity contribution in [2.45, 2.75) is 44.1 Å². The van der Waals surface area contributed by atoms with Gasteiger partial charge < -0.3 is 10.5 Å². The predicted molar refractivity (Wildman–Crippen MR) is 97.1 cm³/mol. The summed E-state index contributed by atoms with van der Waals surface area (Å²) in [5.41, 5.74) is 2.91. The van der Waals surface area contributed by atoms with E-state index < -0.39 is 36.5 Å². The zero-order valence-corrected chi connectivity index (χ0v) is 16.0. The third kappa shape index (κ3) is 6.19. The van der Waals surface area contributed by atoms with Crippen molar-refractivity contribution in [1.29, 1.82) is 0 Å². The summed E-state index contributed by atoms with van der Waals surface area (Å²) in [6, 6.07) is 7.31. The number of nitrogens with two attached hydrogens (primary N) is 1. The first-order chi connectivity index (χ1) is 13.8. The molecule has 0 saturated carbocycles. The van der Waals surface area contributed by atoms with Crippen molar-refractivity contribution in [2.24, 2.45) is 5.73 Å². The number of pyridine rings is 1. The van der Waals surface area contributed by atoms with Crippen molar-refractivity contribution in [3.8, 4) is 5.75 Å². The molecule has 0 radical (unpaired) electrons. The van der Waals surface area contributed by atoms with Crippen LogP contribution in [0.3, 0.4) is 0 Å². The van der Waals surface area contributed by atoms with Crippen molar-refractivity contribution in [3.63, 3.8) is 0 Å². The molecular weight excluding hydrogens is 414 g/mol. The maximum atomic E-state index is 13.8. The van der Waals surface area contributed by atoms with Gasteiger partial charge in [-0.3, -0.25) is 9.78 Å². The maximum Gasteiger partial charge on any atom is 0.411 e. The molecule has 1 aromatic carbocycles. The van der Waals surface area contributed by atoms with Gasteiger partial charge in [-0.1, -0.05) is 18.2 Å². The molecule has 2 rings (SSSR count). The van der Waals surface area contributed by atoms with Crippen LogP contribution in [-0.2, 0) is 5.54 Å². The standard InChI is InChI=1S/C20H20F6N2O2/c1-13-3-8-16(28-12-13)17(29)11-18(27,20(24,25)26)14-4-6-15(7-5-14)30-10-2-9-19(21,22)23/h3-8,12H,2,9-11,27H2,1H3/t18-/m0/s1. The van der Waals surface area contributed by atoms with Gasteiger partial charge in [0.15, 0.2) is 5.78 Å². The van der Waals surface area contributed by atoms with E-state index in [-0.39, 0.29) is 30.0 Å². The number of ketones is 1. The minimum absolute atomic E-state index is 0.0944. The number of halogens is 6. The minimum Gasteiger partial charge on any atom is -0.494 e. The number of alkyl halides is 6. The van der Waals surface area contributed by atoms with E-state index in [9.17, 15) is 31.1 Å². The van der Waals surface area contributed by atoms with Crippen LogP contribution >= 0.6 is 0 Å². The Hall–Kier alpha value is -2.62. The van der Waals surface area contributed by atoms with Crippen LogP contribution in [0.2, 0.25) is 0 Å². The molecular formula is C20H20F6N2O2. The van der Waals surface area contributed by atoms with Gasteiger partial charge in [0.1, 0.15) is 17.0 Å². The molecule has 0 unspecified atom stereocenters. The van der Waals surface area contributed by atoms with Gasteiger partial charge in [-0.2, -0.15) is 26.3 Å². The molecule has 1 aromatic heterocycles. The van der Waals surface area contributed by atoms with E-state index in [4.69, 9.17) is 10.5 Å². The molecule has 1 heterocycles. The molecule has 2 aromatic rings. The van der Waals surface area contributed by atoms with E-state index in [1.165, 1.54) is 24.4 Å². The van der Waals surface area contributed by atoms with Gasteiger partial charge in [0.05, 0.1) is 6.61 Å². The Morgan fingerprint density at radius 3 is 2.17 bits per heavy atom. The van der Waals surface area contributed by atoms with Crippen molar-refractivity contribution in [3.05, 3.63) is 59.4 Å². The predicted octanol–water partition coefficient (Wildman–Crippen LogP) is 5.10. The molecule has 164 valence electrons. The summed E-state index contributed by atoms with van der Waals surface area (Å²) >= 11 is 0. The number of Topliss-reactive ketones (excluding diaryl/α,β-unsaturated/α-hetero) is 1. The Morgan fingerprint density at radius 2 is 1.67 bits per heavy atom. The molecule has 0 amide bonds. The molecule has 0 aliphatic heterocycles. The van der Waals surface area contributed by atoms with Gasteiger partial charge in [-0.05, 0) is 42.7 Å². The summed E-state index contributed by atoms with van der Waals surface area (Å²) < 4.78 is 82.7. The Bertz CT molecular complexity index is 848. The lowest BCUT2D eigenvalue weighted by Crippen LogP contribution is -2.51.